The summed E-state index contributed by atoms with van der Waals surface area (Å²) in [4.78, 5) is 4.82. The van der Waals surface area contributed by atoms with Gasteiger partial charge < -0.3 is 10.0 Å². The van der Waals surface area contributed by atoms with E-state index in [2.05, 4.69) is 42.1 Å². The Kier molecular flexibility index (Phi) is 3.61. The predicted octanol–water partition coefficient (Wildman–Crippen LogP) is 1.67. The molecule has 2 atom stereocenters. The molecular weight excluding hydrogens is 236 g/mol. The fourth-order valence-electron chi connectivity index (χ4n) is 3.59. The molecule has 3 heteroatoms. The molecule has 1 heterocycles. The number of likely N-dealkylation sites (tertiary alicyclic amines) is 1. The molecular formula is C16H24N2O. The summed E-state index contributed by atoms with van der Waals surface area (Å²) in [6.45, 7) is 2.34. The summed E-state index contributed by atoms with van der Waals surface area (Å²) in [7, 11) is 4.38. The second kappa shape index (κ2) is 5.23. The first-order valence-corrected chi connectivity index (χ1v) is 7.33. The van der Waals surface area contributed by atoms with Gasteiger partial charge in [-0.25, -0.2) is 0 Å². The van der Waals surface area contributed by atoms with Crippen LogP contribution in [0.3, 0.4) is 0 Å². The van der Waals surface area contributed by atoms with E-state index in [0.29, 0.717) is 6.04 Å². The van der Waals surface area contributed by atoms with Crippen molar-refractivity contribution in [2.45, 2.75) is 37.5 Å². The Morgan fingerprint density at radius 3 is 2.58 bits per heavy atom. The van der Waals surface area contributed by atoms with Crippen LogP contribution in [0, 0.1) is 0 Å². The van der Waals surface area contributed by atoms with Crippen molar-refractivity contribution >= 4 is 0 Å². The van der Waals surface area contributed by atoms with Crippen molar-refractivity contribution < 1.29 is 5.11 Å². The van der Waals surface area contributed by atoms with Crippen LogP contribution < -0.4 is 0 Å². The number of likely N-dealkylation sites (N-methyl/N-ethyl adjacent to an activating group) is 1. The minimum atomic E-state index is -0.319. The minimum absolute atomic E-state index is 0.255. The molecule has 3 rings (SSSR count). The largest absolute Gasteiger partial charge is 0.387 e. The molecule has 3 nitrogen and oxygen atoms in total. The lowest BCUT2D eigenvalue weighted by molar-refractivity contribution is 0.0324. The fourth-order valence-corrected chi connectivity index (χ4v) is 3.59. The first-order chi connectivity index (χ1) is 9.16. The van der Waals surface area contributed by atoms with Crippen molar-refractivity contribution in [1.29, 1.82) is 0 Å². The van der Waals surface area contributed by atoms with Gasteiger partial charge in [-0.2, -0.15) is 0 Å². The standard InChI is InChI=1S/C16H24N2O/c1-17-9-7-13(8-10-17)18(2)15-11-12-5-3-4-6-14(12)16(15)19/h3-6,13,15-16,19H,7-11H2,1-2H3. The van der Waals surface area contributed by atoms with E-state index in [0.717, 1.165) is 12.0 Å². The van der Waals surface area contributed by atoms with Gasteiger partial charge >= 0.3 is 0 Å². The lowest BCUT2D eigenvalue weighted by atomic mass is 10.0. The van der Waals surface area contributed by atoms with E-state index in [-0.39, 0.29) is 12.1 Å². The van der Waals surface area contributed by atoms with Crippen molar-refractivity contribution in [3.05, 3.63) is 35.4 Å². The smallest absolute Gasteiger partial charge is 0.0951 e. The Hall–Kier alpha value is -0.900. The van der Waals surface area contributed by atoms with Gasteiger partial charge in [0.2, 0.25) is 0 Å². The Morgan fingerprint density at radius 1 is 1.21 bits per heavy atom. The van der Waals surface area contributed by atoms with Gasteiger partial charge in [-0.1, -0.05) is 24.3 Å². The first kappa shape index (κ1) is 13.1. The summed E-state index contributed by atoms with van der Waals surface area (Å²) in [5.41, 5.74) is 2.45. The average molecular weight is 260 g/mol. The molecule has 2 unspecified atom stereocenters. The first-order valence-electron chi connectivity index (χ1n) is 7.33. The second-order valence-electron chi connectivity index (χ2n) is 6.12. The van der Waals surface area contributed by atoms with Crippen molar-refractivity contribution in [3.63, 3.8) is 0 Å². The number of benzene rings is 1. The summed E-state index contributed by atoms with van der Waals surface area (Å²) in [5, 5.41) is 10.5. The molecule has 2 aliphatic rings. The average Bonchev–Trinajstić information content (AvgIpc) is 2.77. The molecule has 0 amide bonds. The third-order valence-corrected chi connectivity index (χ3v) is 4.95. The molecule has 0 aromatic heterocycles. The maximum Gasteiger partial charge on any atom is 0.0951 e. The normalized spacial score (nSPS) is 28.8. The number of rotatable bonds is 2. The SMILES string of the molecule is CN1CCC(N(C)C2Cc3ccccc3C2O)CC1. The van der Waals surface area contributed by atoms with Gasteiger partial charge in [0.15, 0.2) is 0 Å². The van der Waals surface area contributed by atoms with E-state index >= 15 is 0 Å². The molecule has 1 aromatic carbocycles. The number of nitrogens with zero attached hydrogens (tertiary/aromatic N) is 2. The highest BCUT2D eigenvalue weighted by molar-refractivity contribution is 5.35. The zero-order valence-electron chi connectivity index (χ0n) is 11.9. The van der Waals surface area contributed by atoms with Crippen molar-refractivity contribution in [1.82, 2.24) is 9.80 Å². The van der Waals surface area contributed by atoms with Crippen LogP contribution in [0.1, 0.15) is 30.1 Å². The van der Waals surface area contributed by atoms with Crippen LogP contribution in [-0.4, -0.2) is 54.2 Å². The Bertz CT molecular complexity index is 440. The second-order valence-corrected chi connectivity index (χ2v) is 6.12. The molecule has 0 spiro atoms. The van der Waals surface area contributed by atoms with Crippen molar-refractivity contribution in [2.75, 3.05) is 27.2 Å². The Balaban J connectivity index is 1.71. The zero-order chi connectivity index (χ0) is 13.4. The van der Waals surface area contributed by atoms with E-state index < -0.39 is 0 Å². The minimum Gasteiger partial charge on any atom is -0.387 e. The molecule has 1 aliphatic heterocycles. The molecule has 104 valence electrons. The topological polar surface area (TPSA) is 26.7 Å². The summed E-state index contributed by atoms with van der Waals surface area (Å²) < 4.78 is 0. The fraction of sp³-hybridized carbons (Fsp3) is 0.625. The highest BCUT2D eigenvalue weighted by Gasteiger charge is 2.36. The lowest BCUT2D eigenvalue weighted by Crippen LogP contribution is -2.47. The van der Waals surface area contributed by atoms with E-state index in [1.807, 2.05) is 6.07 Å². The molecule has 1 aromatic rings. The maximum atomic E-state index is 10.5. The van der Waals surface area contributed by atoms with E-state index in [4.69, 9.17) is 0 Å². The summed E-state index contributed by atoms with van der Waals surface area (Å²) in [6.07, 6.45) is 3.10. The van der Waals surface area contributed by atoms with Gasteiger partial charge in [0, 0.05) is 12.1 Å². The summed E-state index contributed by atoms with van der Waals surface area (Å²) in [6, 6.07) is 9.20. The van der Waals surface area contributed by atoms with E-state index in [1.54, 1.807) is 0 Å². The molecule has 0 radical (unpaired) electrons. The number of hydrogen-bond acceptors (Lipinski definition) is 3. The quantitative estimate of drug-likeness (QED) is 0.876. The maximum absolute atomic E-state index is 10.5. The molecule has 1 aliphatic carbocycles. The molecule has 1 fully saturated rings. The lowest BCUT2D eigenvalue weighted by Gasteiger charge is -2.39. The molecule has 19 heavy (non-hydrogen) atoms. The summed E-state index contributed by atoms with van der Waals surface area (Å²) >= 11 is 0. The van der Waals surface area contributed by atoms with Gasteiger partial charge in [0.1, 0.15) is 0 Å². The van der Waals surface area contributed by atoms with Crippen molar-refractivity contribution in [3.8, 4) is 0 Å². The number of hydrogen-bond donors (Lipinski definition) is 1. The van der Waals surface area contributed by atoms with Crippen molar-refractivity contribution in [2.24, 2.45) is 0 Å². The van der Waals surface area contributed by atoms with Gasteiger partial charge in [0.25, 0.3) is 0 Å². The Morgan fingerprint density at radius 2 is 1.89 bits per heavy atom. The van der Waals surface area contributed by atoms with Crippen LogP contribution >= 0.6 is 0 Å². The van der Waals surface area contributed by atoms with Gasteiger partial charge in [-0.15, -0.1) is 0 Å². The third-order valence-electron chi connectivity index (χ3n) is 4.95. The predicted molar refractivity (Wildman–Crippen MR) is 77.2 cm³/mol. The highest BCUT2D eigenvalue weighted by Crippen LogP contribution is 2.35. The van der Waals surface area contributed by atoms with E-state index in [1.165, 1.54) is 31.5 Å². The molecule has 0 saturated carbocycles. The van der Waals surface area contributed by atoms with Gasteiger partial charge in [0.05, 0.1) is 6.10 Å². The van der Waals surface area contributed by atoms with Crippen LogP contribution in [-0.2, 0) is 6.42 Å². The molecule has 0 bridgehead atoms. The Labute approximate surface area is 115 Å². The monoisotopic (exact) mass is 260 g/mol. The highest BCUT2D eigenvalue weighted by atomic mass is 16.3. The summed E-state index contributed by atoms with van der Waals surface area (Å²) in [5.74, 6) is 0. The third kappa shape index (κ3) is 2.42. The van der Waals surface area contributed by atoms with E-state index in [9.17, 15) is 5.11 Å². The number of aliphatic hydroxyl groups is 1. The van der Waals surface area contributed by atoms with Gasteiger partial charge in [-0.3, -0.25) is 4.90 Å². The molecule has 1 N–H and O–H groups in total. The number of fused-ring (bicyclic) bond motifs is 1. The van der Waals surface area contributed by atoms with Crippen LogP contribution in [0.15, 0.2) is 24.3 Å². The molecule has 1 saturated heterocycles. The van der Waals surface area contributed by atoms with Crippen LogP contribution in [0.2, 0.25) is 0 Å². The zero-order valence-corrected chi connectivity index (χ0v) is 11.9. The van der Waals surface area contributed by atoms with Crippen LogP contribution in [0.5, 0.6) is 0 Å². The number of aliphatic hydroxyl groups excluding tert-OH is 1. The van der Waals surface area contributed by atoms with Crippen LogP contribution in [0.25, 0.3) is 0 Å². The number of piperidine rings is 1. The van der Waals surface area contributed by atoms with Gasteiger partial charge in [-0.05, 0) is 57.6 Å². The van der Waals surface area contributed by atoms with Crippen LogP contribution in [0.4, 0.5) is 0 Å².